The second kappa shape index (κ2) is 13.1. The van der Waals surface area contributed by atoms with E-state index in [9.17, 15) is 23.2 Å². The van der Waals surface area contributed by atoms with E-state index in [-0.39, 0.29) is 70.3 Å². The molecular weight excluding hydrogens is 743 g/mol. The Labute approximate surface area is 318 Å². The first-order valence-corrected chi connectivity index (χ1v) is 18.9. The molecule has 0 radical (unpaired) electrons. The second-order valence-electron chi connectivity index (χ2n) is 14.9. The molecule has 0 spiro atoms. The number of carbonyl (C=O) groups excluding carboxylic acids is 1. The van der Waals surface area contributed by atoms with Gasteiger partial charge in [-0.1, -0.05) is 41.4 Å². The van der Waals surface area contributed by atoms with Gasteiger partial charge in [0.15, 0.2) is 5.82 Å². The zero-order valence-corrected chi connectivity index (χ0v) is 30.6. The van der Waals surface area contributed by atoms with E-state index in [2.05, 4.69) is 20.9 Å². The molecule has 1 amide bonds. The Balaban J connectivity index is 1.23. The van der Waals surface area contributed by atoms with Crippen LogP contribution in [0.1, 0.15) is 66.8 Å². The van der Waals surface area contributed by atoms with Gasteiger partial charge in [-0.25, -0.2) is 14.4 Å². The number of nitriles is 1. The normalized spacial score (nSPS) is 23.6. The molecule has 5 aromatic rings. The Kier molecular flexibility index (Phi) is 8.56. The second-order valence-corrected chi connectivity index (χ2v) is 15.7. The third-order valence-electron chi connectivity index (χ3n) is 11.5. The fraction of sp³-hybridized carbons (Fsp3) is 0.400. The summed E-state index contributed by atoms with van der Waals surface area (Å²) in [7, 11) is 0. The van der Waals surface area contributed by atoms with E-state index >= 15 is 4.39 Å². The average Bonchev–Trinajstić information content (AvgIpc) is 3.42. The van der Waals surface area contributed by atoms with Crippen LogP contribution >= 0.6 is 23.2 Å². The summed E-state index contributed by atoms with van der Waals surface area (Å²) in [6.07, 6.45) is -1.99. The summed E-state index contributed by atoms with van der Waals surface area (Å²) in [5.41, 5.74) is 2.61. The number of halogens is 6. The number of alkyl halides is 3. The lowest BCUT2D eigenvalue weighted by Crippen LogP contribution is -2.41. The van der Waals surface area contributed by atoms with Crippen molar-refractivity contribution in [1.29, 1.82) is 5.26 Å². The number of likely N-dealkylation sites (tertiary alicyclic amines) is 1. The summed E-state index contributed by atoms with van der Waals surface area (Å²) in [5, 5.41) is 15.1. The minimum atomic E-state index is -4.63. The third-order valence-corrected chi connectivity index (χ3v) is 12.4. The maximum Gasteiger partial charge on any atom is 0.433 e. The van der Waals surface area contributed by atoms with Gasteiger partial charge in [0.2, 0.25) is 11.8 Å². The van der Waals surface area contributed by atoms with E-state index in [1.807, 2.05) is 24.0 Å². The summed E-state index contributed by atoms with van der Waals surface area (Å²) in [6.45, 7) is 2.84. The molecule has 10 rings (SSSR count). The van der Waals surface area contributed by atoms with Crippen LogP contribution in [-0.4, -0.2) is 50.6 Å². The van der Waals surface area contributed by atoms with Gasteiger partial charge in [0, 0.05) is 70.7 Å². The van der Waals surface area contributed by atoms with Gasteiger partial charge in [-0.2, -0.15) is 18.4 Å². The zero-order valence-electron chi connectivity index (χ0n) is 29.1. The fourth-order valence-corrected chi connectivity index (χ4v) is 9.27. The van der Waals surface area contributed by atoms with Crippen molar-refractivity contribution >= 4 is 50.9 Å². The van der Waals surface area contributed by atoms with Crippen LogP contribution in [0.25, 0.3) is 32.9 Å². The van der Waals surface area contributed by atoms with Gasteiger partial charge >= 0.3 is 6.18 Å². The number of benzene rings is 2. The standard InChI is InChI=1S/C40H34Cl2F4N6O2/c1-19-25-16-30(29-15-23(18-51(29)39(53)20-10-11-20)54-32-9-3-8-31(50-32)40(44,45)46)52(37-22-14-28(37)48-17-22)38(25)26-13-21(5-4-12-47)33(35(43)36(26)49-19)24-6-2-7-27(41)34(24)42/h2-3,6-9,13,16,20,22-23,28-29,37,48H,4-5,10-11,14-15,17-18H2,1H3/t22?,23-,28?,29+,37-/m0/s1. The summed E-state index contributed by atoms with van der Waals surface area (Å²) in [6, 6.07) is 14.5. The van der Waals surface area contributed by atoms with Gasteiger partial charge in [-0.3, -0.25) is 4.79 Å². The van der Waals surface area contributed by atoms with Crippen molar-refractivity contribution in [1.82, 2.24) is 24.8 Å². The Morgan fingerprint density at radius 3 is 2.59 bits per heavy atom. The molecule has 5 atom stereocenters. The number of rotatable bonds is 8. The van der Waals surface area contributed by atoms with Gasteiger partial charge in [0.05, 0.1) is 40.3 Å². The van der Waals surface area contributed by atoms with E-state index in [1.165, 1.54) is 12.1 Å². The van der Waals surface area contributed by atoms with Crippen molar-refractivity contribution in [2.24, 2.45) is 11.8 Å². The number of hydrogen-bond donors (Lipinski definition) is 1. The van der Waals surface area contributed by atoms with Gasteiger partial charge in [0.25, 0.3) is 0 Å². The number of nitrogens with one attached hydrogen (secondary N) is 1. The number of aromatic nitrogens is 3. The lowest BCUT2D eigenvalue weighted by molar-refractivity contribution is -0.141. The number of hydrogen-bond acceptors (Lipinski definition) is 6. The molecule has 3 aromatic heterocycles. The summed E-state index contributed by atoms with van der Waals surface area (Å²) in [5.74, 6) is -0.543. The largest absolute Gasteiger partial charge is 0.472 e. The molecule has 5 fully saturated rings. The zero-order chi connectivity index (χ0) is 37.6. The SMILES string of the molecule is Cc1nc2c(F)c(-c3cccc(Cl)c3Cl)c(CCC#N)cc2c2c1cc([C@H]1C[C@H](Oc3cccc(C(F)(F)F)n3)CN1C(=O)C1CC1)n2[C@H]1C2CNC1C2. The van der Waals surface area contributed by atoms with Crippen molar-refractivity contribution in [3.8, 4) is 23.1 Å². The van der Waals surface area contributed by atoms with Crippen LogP contribution in [0.2, 0.25) is 10.0 Å². The van der Waals surface area contributed by atoms with E-state index in [0.29, 0.717) is 34.5 Å². The minimum Gasteiger partial charge on any atom is -0.472 e. The number of aryl methyl sites for hydroxylation is 2. The van der Waals surface area contributed by atoms with Crippen LogP contribution in [0, 0.1) is 35.9 Å². The molecule has 5 aliphatic rings. The highest BCUT2D eigenvalue weighted by molar-refractivity contribution is 6.43. The van der Waals surface area contributed by atoms with E-state index in [1.54, 1.807) is 18.2 Å². The Hall–Kier alpha value is -4.44. The van der Waals surface area contributed by atoms with E-state index in [4.69, 9.17) is 32.9 Å². The van der Waals surface area contributed by atoms with Crippen LogP contribution in [0.3, 0.4) is 0 Å². The van der Waals surface area contributed by atoms with Gasteiger partial charge in [-0.05, 0) is 68.4 Å². The molecule has 3 aliphatic heterocycles. The first-order chi connectivity index (χ1) is 25.9. The molecular formula is C40H34Cl2F4N6O2. The number of nitrogens with zero attached hydrogens (tertiary/aromatic N) is 5. The fourth-order valence-electron chi connectivity index (χ4n) is 8.88. The molecule has 1 N–H and O–H groups in total. The average molecular weight is 778 g/mol. The maximum absolute atomic E-state index is 17.2. The summed E-state index contributed by atoms with van der Waals surface area (Å²) < 4.78 is 66.1. The monoisotopic (exact) mass is 776 g/mol. The van der Waals surface area contributed by atoms with Crippen molar-refractivity contribution in [3.63, 3.8) is 0 Å². The molecule has 54 heavy (non-hydrogen) atoms. The van der Waals surface area contributed by atoms with Crippen LogP contribution in [0.5, 0.6) is 5.88 Å². The molecule has 3 saturated heterocycles. The predicted molar refractivity (Wildman–Crippen MR) is 196 cm³/mol. The number of ether oxygens (including phenoxy) is 1. The lowest BCUT2D eigenvalue weighted by Gasteiger charge is -2.39. The first kappa shape index (κ1) is 35.3. The predicted octanol–water partition coefficient (Wildman–Crippen LogP) is 9.14. The van der Waals surface area contributed by atoms with Crippen LogP contribution in [-0.2, 0) is 17.4 Å². The lowest BCUT2D eigenvalue weighted by atomic mass is 9.79. The Morgan fingerprint density at radius 1 is 1.09 bits per heavy atom. The highest BCUT2D eigenvalue weighted by Crippen LogP contribution is 2.51. The van der Waals surface area contributed by atoms with Gasteiger partial charge in [-0.15, -0.1) is 0 Å². The molecule has 2 aliphatic carbocycles. The van der Waals surface area contributed by atoms with Gasteiger partial charge in [0.1, 0.15) is 17.3 Å². The quantitative estimate of drug-likeness (QED) is 0.158. The van der Waals surface area contributed by atoms with Crippen molar-refractivity contribution in [2.45, 2.75) is 75.9 Å². The van der Waals surface area contributed by atoms with Crippen molar-refractivity contribution in [2.75, 3.05) is 13.1 Å². The molecule has 2 unspecified atom stereocenters. The van der Waals surface area contributed by atoms with Crippen molar-refractivity contribution in [3.05, 3.63) is 87.0 Å². The maximum atomic E-state index is 17.2. The first-order valence-electron chi connectivity index (χ1n) is 18.2. The summed E-state index contributed by atoms with van der Waals surface area (Å²) in [4.78, 5) is 24.4. The molecule has 2 saturated carbocycles. The number of amides is 1. The smallest absolute Gasteiger partial charge is 0.433 e. The number of carbonyl (C=O) groups is 1. The molecule has 14 heteroatoms. The number of fused-ring (bicyclic) bond motifs is 4. The number of pyridine rings is 2. The molecule has 2 aromatic carbocycles. The Bertz CT molecular complexity index is 2390. The van der Waals surface area contributed by atoms with Crippen LogP contribution in [0.4, 0.5) is 17.6 Å². The Morgan fingerprint density at radius 2 is 1.89 bits per heavy atom. The van der Waals surface area contributed by atoms with Gasteiger partial charge < -0.3 is 19.5 Å². The van der Waals surface area contributed by atoms with E-state index in [0.717, 1.165) is 48.5 Å². The van der Waals surface area contributed by atoms with Crippen molar-refractivity contribution < 1.29 is 27.1 Å². The molecule has 8 nitrogen and oxygen atoms in total. The molecule has 6 heterocycles. The topological polar surface area (TPSA) is 96.1 Å². The molecule has 2 bridgehead atoms. The highest BCUT2D eigenvalue weighted by atomic mass is 35.5. The molecule has 278 valence electrons. The van der Waals surface area contributed by atoms with Crippen LogP contribution < -0.4 is 10.1 Å². The summed E-state index contributed by atoms with van der Waals surface area (Å²) >= 11 is 13.0. The van der Waals surface area contributed by atoms with E-state index < -0.39 is 29.8 Å². The van der Waals surface area contributed by atoms with Crippen LogP contribution in [0.15, 0.2) is 48.5 Å². The highest BCUT2D eigenvalue weighted by Gasteiger charge is 2.51. The minimum absolute atomic E-state index is 0.0119. The third kappa shape index (κ3) is 5.78.